The molecular weight excluding hydrogens is 362 g/mol. The van der Waals surface area contributed by atoms with Gasteiger partial charge in [0.05, 0.1) is 28.8 Å². The standard InChI is InChI=1S/C16H12ClN5O4/c1-26-14-6-12(22(24)25)3-4-13(14)21-16(23)10(7-18)8-19-15-5-2-11(17)9-20-15/h2-6,8-9H,1H3,(H,19,20)(H,21,23)/b10-8-. The molecule has 0 bridgehead atoms. The van der Waals surface area contributed by atoms with Gasteiger partial charge in [-0.2, -0.15) is 5.26 Å². The number of nitro groups is 1. The van der Waals surface area contributed by atoms with E-state index in [9.17, 15) is 14.9 Å². The van der Waals surface area contributed by atoms with Crippen LogP contribution >= 0.6 is 11.6 Å². The van der Waals surface area contributed by atoms with Crippen LogP contribution in [-0.2, 0) is 4.79 Å². The minimum Gasteiger partial charge on any atom is -0.494 e. The Hall–Kier alpha value is -3.64. The van der Waals surface area contributed by atoms with Gasteiger partial charge >= 0.3 is 0 Å². The Morgan fingerprint density at radius 1 is 1.42 bits per heavy atom. The molecule has 0 aliphatic rings. The van der Waals surface area contributed by atoms with Crippen LogP contribution in [0.2, 0.25) is 5.02 Å². The third kappa shape index (κ3) is 4.68. The number of pyridine rings is 1. The molecule has 0 spiro atoms. The number of methoxy groups -OCH3 is 1. The van der Waals surface area contributed by atoms with Gasteiger partial charge in [-0.1, -0.05) is 11.6 Å². The predicted octanol–water partition coefficient (Wildman–Crippen LogP) is 3.11. The summed E-state index contributed by atoms with van der Waals surface area (Å²) in [6.07, 6.45) is 2.59. The molecule has 0 atom stereocenters. The smallest absolute Gasteiger partial charge is 0.273 e. The molecule has 2 aromatic rings. The lowest BCUT2D eigenvalue weighted by atomic mass is 10.2. The largest absolute Gasteiger partial charge is 0.494 e. The summed E-state index contributed by atoms with van der Waals surface area (Å²) in [6, 6.07) is 8.62. The van der Waals surface area contributed by atoms with Crippen LogP contribution in [0.25, 0.3) is 0 Å². The number of nitrogens with one attached hydrogen (secondary N) is 2. The monoisotopic (exact) mass is 373 g/mol. The zero-order chi connectivity index (χ0) is 19.1. The second-order valence-electron chi connectivity index (χ2n) is 4.77. The normalized spacial score (nSPS) is 10.6. The van der Waals surface area contributed by atoms with Crippen LogP contribution in [0.15, 0.2) is 48.3 Å². The number of hydrogen-bond donors (Lipinski definition) is 2. The molecule has 1 aromatic carbocycles. The van der Waals surface area contributed by atoms with Crippen molar-refractivity contribution >= 4 is 34.7 Å². The molecule has 1 heterocycles. The average Bonchev–Trinajstić information content (AvgIpc) is 2.63. The number of carbonyl (C=O) groups excluding carboxylic acids is 1. The number of benzene rings is 1. The summed E-state index contributed by atoms with van der Waals surface area (Å²) in [5.41, 5.74) is -0.234. The summed E-state index contributed by atoms with van der Waals surface area (Å²) in [5.74, 6) is -0.235. The third-order valence-corrected chi connectivity index (χ3v) is 3.32. The Morgan fingerprint density at radius 2 is 2.19 bits per heavy atom. The highest BCUT2D eigenvalue weighted by Crippen LogP contribution is 2.29. The summed E-state index contributed by atoms with van der Waals surface area (Å²) >= 11 is 5.73. The number of amides is 1. The molecule has 0 aliphatic heterocycles. The van der Waals surface area contributed by atoms with Crippen molar-refractivity contribution in [3.05, 3.63) is 63.4 Å². The molecule has 0 unspecified atom stereocenters. The van der Waals surface area contributed by atoms with Crippen molar-refractivity contribution in [2.45, 2.75) is 0 Å². The fraction of sp³-hybridized carbons (Fsp3) is 0.0625. The number of non-ortho nitro benzene ring substituents is 1. The molecule has 0 aliphatic carbocycles. The maximum atomic E-state index is 12.2. The Kier molecular flexibility index (Phi) is 6.08. The number of aromatic nitrogens is 1. The molecule has 2 rings (SSSR count). The second-order valence-corrected chi connectivity index (χ2v) is 5.21. The zero-order valence-electron chi connectivity index (χ0n) is 13.4. The van der Waals surface area contributed by atoms with Crippen LogP contribution in [0, 0.1) is 21.4 Å². The lowest BCUT2D eigenvalue weighted by molar-refractivity contribution is -0.384. The molecule has 10 heteroatoms. The molecule has 1 amide bonds. The Morgan fingerprint density at radius 3 is 2.77 bits per heavy atom. The first-order chi connectivity index (χ1) is 12.4. The second kappa shape index (κ2) is 8.46. The van der Waals surface area contributed by atoms with Crippen LogP contribution in [0.4, 0.5) is 17.2 Å². The van der Waals surface area contributed by atoms with E-state index in [1.54, 1.807) is 18.2 Å². The van der Waals surface area contributed by atoms with Gasteiger partial charge in [0.15, 0.2) is 0 Å². The van der Waals surface area contributed by atoms with Gasteiger partial charge in [0, 0.05) is 18.5 Å². The maximum absolute atomic E-state index is 12.2. The van der Waals surface area contributed by atoms with Crippen molar-refractivity contribution in [3.63, 3.8) is 0 Å². The summed E-state index contributed by atoms with van der Waals surface area (Å²) < 4.78 is 5.03. The van der Waals surface area contributed by atoms with E-state index in [4.69, 9.17) is 21.6 Å². The first kappa shape index (κ1) is 18.7. The number of nitro benzene ring substituents is 1. The molecule has 0 radical (unpaired) electrons. The van der Waals surface area contributed by atoms with Crippen molar-refractivity contribution in [1.29, 1.82) is 5.26 Å². The first-order valence-electron chi connectivity index (χ1n) is 7.06. The highest BCUT2D eigenvalue weighted by Gasteiger charge is 2.15. The lowest BCUT2D eigenvalue weighted by Gasteiger charge is -2.09. The quantitative estimate of drug-likeness (QED) is 0.344. The number of hydrogen-bond acceptors (Lipinski definition) is 7. The van der Waals surface area contributed by atoms with Crippen LogP contribution in [0.1, 0.15) is 0 Å². The van der Waals surface area contributed by atoms with E-state index in [2.05, 4.69) is 15.6 Å². The minimum absolute atomic E-state index is 0.0946. The summed E-state index contributed by atoms with van der Waals surface area (Å²) in [7, 11) is 1.31. The molecule has 2 N–H and O–H groups in total. The van der Waals surface area contributed by atoms with Crippen molar-refractivity contribution < 1.29 is 14.5 Å². The summed E-state index contributed by atoms with van der Waals surface area (Å²) in [4.78, 5) is 26.4. The van der Waals surface area contributed by atoms with Crippen LogP contribution in [0.5, 0.6) is 5.75 Å². The van der Waals surface area contributed by atoms with Gasteiger partial charge < -0.3 is 15.4 Å². The Bertz CT molecular complexity index is 906. The third-order valence-electron chi connectivity index (χ3n) is 3.10. The number of nitriles is 1. The van der Waals surface area contributed by atoms with Gasteiger partial charge in [0.1, 0.15) is 23.2 Å². The molecule has 0 saturated carbocycles. The molecule has 1 aromatic heterocycles. The van der Waals surface area contributed by atoms with E-state index in [-0.39, 0.29) is 22.7 Å². The molecular formula is C16H12ClN5O4. The van der Waals surface area contributed by atoms with E-state index in [0.29, 0.717) is 10.8 Å². The van der Waals surface area contributed by atoms with Gasteiger partial charge in [0.2, 0.25) is 0 Å². The number of ether oxygens (including phenoxy) is 1. The molecule has 132 valence electrons. The topological polar surface area (TPSA) is 130 Å². The molecule has 0 saturated heterocycles. The number of carbonyl (C=O) groups is 1. The van der Waals surface area contributed by atoms with E-state index in [0.717, 1.165) is 0 Å². The van der Waals surface area contributed by atoms with E-state index in [1.165, 1.54) is 37.7 Å². The van der Waals surface area contributed by atoms with Crippen LogP contribution in [0.3, 0.4) is 0 Å². The number of nitrogens with zero attached hydrogens (tertiary/aromatic N) is 3. The number of halogens is 1. The summed E-state index contributed by atoms with van der Waals surface area (Å²) in [6.45, 7) is 0. The van der Waals surface area contributed by atoms with Crippen molar-refractivity contribution in [2.75, 3.05) is 17.7 Å². The van der Waals surface area contributed by atoms with E-state index >= 15 is 0 Å². The fourth-order valence-corrected chi connectivity index (χ4v) is 1.95. The highest BCUT2D eigenvalue weighted by atomic mass is 35.5. The molecule has 9 nitrogen and oxygen atoms in total. The van der Waals surface area contributed by atoms with Crippen LogP contribution < -0.4 is 15.4 Å². The van der Waals surface area contributed by atoms with Gasteiger partial charge in [0.25, 0.3) is 11.6 Å². The maximum Gasteiger partial charge on any atom is 0.273 e. The molecule has 0 fully saturated rings. The Balaban J connectivity index is 2.16. The Labute approximate surface area is 153 Å². The number of rotatable bonds is 6. The summed E-state index contributed by atoms with van der Waals surface area (Å²) in [5, 5.41) is 25.6. The lowest BCUT2D eigenvalue weighted by Crippen LogP contribution is -2.15. The van der Waals surface area contributed by atoms with Crippen molar-refractivity contribution in [2.24, 2.45) is 0 Å². The minimum atomic E-state index is -0.721. The first-order valence-corrected chi connectivity index (χ1v) is 7.44. The van der Waals surface area contributed by atoms with Crippen LogP contribution in [-0.4, -0.2) is 22.9 Å². The zero-order valence-corrected chi connectivity index (χ0v) is 14.1. The highest BCUT2D eigenvalue weighted by molar-refractivity contribution is 6.30. The predicted molar refractivity (Wildman–Crippen MR) is 94.8 cm³/mol. The van der Waals surface area contributed by atoms with Gasteiger partial charge in [-0.05, 0) is 18.2 Å². The van der Waals surface area contributed by atoms with Gasteiger partial charge in [-0.25, -0.2) is 4.98 Å². The van der Waals surface area contributed by atoms with Crippen molar-refractivity contribution in [3.8, 4) is 11.8 Å². The number of anilines is 2. The molecule has 26 heavy (non-hydrogen) atoms. The average molecular weight is 374 g/mol. The fourth-order valence-electron chi connectivity index (χ4n) is 1.84. The van der Waals surface area contributed by atoms with E-state index in [1.807, 2.05) is 0 Å². The van der Waals surface area contributed by atoms with Crippen molar-refractivity contribution in [1.82, 2.24) is 4.98 Å². The SMILES string of the molecule is COc1cc([N+](=O)[O-])ccc1NC(=O)/C(C#N)=C\Nc1ccc(Cl)cn1. The van der Waals surface area contributed by atoms with Gasteiger partial charge in [-0.3, -0.25) is 14.9 Å². The van der Waals surface area contributed by atoms with Gasteiger partial charge in [-0.15, -0.1) is 0 Å². The van der Waals surface area contributed by atoms with E-state index < -0.39 is 10.8 Å².